The van der Waals surface area contributed by atoms with E-state index in [2.05, 4.69) is 45.8 Å². The summed E-state index contributed by atoms with van der Waals surface area (Å²) < 4.78 is 10.4. The van der Waals surface area contributed by atoms with Crippen LogP contribution in [0, 0.1) is 13.8 Å². The van der Waals surface area contributed by atoms with Crippen molar-refractivity contribution in [2.24, 2.45) is 0 Å². The Kier molecular flexibility index (Phi) is 4.91. The maximum absolute atomic E-state index is 5.49. The predicted octanol–water partition coefficient (Wildman–Crippen LogP) is 3.49. The molecular weight excluding hydrogens is 362 g/mol. The molecule has 1 fully saturated rings. The second-order valence-electron chi connectivity index (χ2n) is 6.52. The van der Waals surface area contributed by atoms with Gasteiger partial charge in [0.2, 0.25) is 0 Å². The lowest BCUT2D eigenvalue weighted by atomic mass is 10.1. The summed E-state index contributed by atoms with van der Waals surface area (Å²) in [5.74, 6) is 0. The number of aromatic nitrogens is 2. The molecule has 140 valence electrons. The Bertz CT molecular complexity index is 981. The zero-order valence-electron chi connectivity index (χ0n) is 15.3. The van der Waals surface area contributed by atoms with Crippen molar-refractivity contribution in [3.63, 3.8) is 0 Å². The van der Waals surface area contributed by atoms with Gasteiger partial charge in [0, 0.05) is 18.8 Å². The van der Waals surface area contributed by atoms with E-state index in [4.69, 9.17) is 21.6 Å². The SMILES string of the molecule is Cc1cccc(NC(=S)Nc2ccc(N3CCOCC3)c3nonc23)c1C. The number of hydrogen-bond acceptors (Lipinski definition) is 6. The Labute approximate surface area is 162 Å². The molecule has 0 saturated carbocycles. The highest BCUT2D eigenvalue weighted by Gasteiger charge is 2.19. The van der Waals surface area contributed by atoms with Crippen LogP contribution in [0.4, 0.5) is 17.1 Å². The van der Waals surface area contributed by atoms with Crippen LogP contribution >= 0.6 is 12.2 Å². The van der Waals surface area contributed by atoms with Crippen LogP contribution in [0.25, 0.3) is 11.0 Å². The van der Waals surface area contributed by atoms with Gasteiger partial charge >= 0.3 is 0 Å². The second-order valence-corrected chi connectivity index (χ2v) is 6.93. The second kappa shape index (κ2) is 7.50. The zero-order chi connectivity index (χ0) is 18.8. The summed E-state index contributed by atoms with van der Waals surface area (Å²) in [4.78, 5) is 2.23. The molecule has 0 radical (unpaired) electrons. The molecule has 0 amide bonds. The lowest BCUT2D eigenvalue weighted by molar-refractivity contribution is 0.123. The molecule has 2 aromatic carbocycles. The summed E-state index contributed by atoms with van der Waals surface area (Å²) in [5, 5.41) is 15.1. The Balaban J connectivity index is 1.56. The molecule has 2 N–H and O–H groups in total. The molecular formula is C19H21N5O2S. The quantitative estimate of drug-likeness (QED) is 0.666. The van der Waals surface area contributed by atoms with Gasteiger partial charge in [-0.25, -0.2) is 4.63 Å². The van der Waals surface area contributed by atoms with Crippen molar-refractivity contribution in [1.29, 1.82) is 0 Å². The third kappa shape index (κ3) is 3.58. The van der Waals surface area contributed by atoms with Crippen LogP contribution in [0.2, 0.25) is 0 Å². The molecule has 0 unspecified atom stereocenters. The topological polar surface area (TPSA) is 75.5 Å². The first-order valence-corrected chi connectivity index (χ1v) is 9.26. The van der Waals surface area contributed by atoms with Crippen molar-refractivity contribution in [2.45, 2.75) is 13.8 Å². The zero-order valence-corrected chi connectivity index (χ0v) is 16.1. The van der Waals surface area contributed by atoms with E-state index in [-0.39, 0.29) is 0 Å². The number of fused-ring (bicyclic) bond motifs is 1. The van der Waals surface area contributed by atoms with Crippen molar-refractivity contribution < 1.29 is 9.37 Å². The number of nitrogens with one attached hydrogen (secondary N) is 2. The van der Waals surface area contributed by atoms with Gasteiger partial charge in [-0.05, 0) is 65.7 Å². The molecule has 7 nitrogen and oxygen atoms in total. The van der Waals surface area contributed by atoms with E-state index in [1.54, 1.807) is 0 Å². The summed E-state index contributed by atoms with van der Waals surface area (Å²) in [6, 6.07) is 10.1. The first-order valence-electron chi connectivity index (χ1n) is 8.85. The van der Waals surface area contributed by atoms with Gasteiger partial charge in [-0.1, -0.05) is 12.1 Å². The molecule has 1 aromatic heterocycles. The summed E-state index contributed by atoms with van der Waals surface area (Å²) in [7, 11) is 0. The van der Waals surface area contributed by atoms with Crippen molar-refractivity contribution in [3.05, 3.63) is 41.5 Å². The lowest BCUT2D eigenvalue weighted by Crippen LogP contribution is -2.36. The highest BCUT2D eigenvalue weighted by atomic mass is 32.1. The van der Waals surface area contributed by atoms with Crippen molar-refractivity contribution in [2.75, 3.05) is 41.8 Å². The molecule has 4 rings (SSSR count). The third-order valence-corrected chi connectivity index (χ3v) is 5.05. The Morgan fingerprint density at radius 1 is 1.00 bits per heavy atom. The standard InChI is InChI=1S/C19H21N5O2S/c1-12-4-3-5-14(13(12)2)20-19(27)21-15-6-7-16(18-17(15)22-26-23-18)24-8-10-25-11-9-24/h3-7H,8-11H2,1-2H3,(H2,20,21,27). The van der Waals surface area contributed by atoms with Crippen LogP contribution in [-0.4, -0.2) is 41.7 Å². The Morgan fingerprint density at radius 2 is 1.74 bits per heavy atom. The molecule has 1 aliphatic heterocycles. The number of nitrogens with zero attached hydrogens (tertiary/aromatic N) is 3. The van der Waals surface area contributed by atoms with E-state index in [9.17, 15) is 0 Å². The van der Waals surface area contributed by atoms with Gasteiger partial charge in [-0.15, -0.1) is 0 Å². The van der Waals surface area contributed by atoms with Gasteiger partial charge in [-0.2, -0.15) is 0 Å². The summed E-state index contributed by atoms with van der Waals surface area (Å²) >= 11 is 5.49. The number of rotatable bonds is 3. The number of ether oxygens (including phenoxy) is 1. The normalized spacial score (nSPS) is 14.4. The number of thiocarbonyl (C=S) groups is 1. The molecule has 0 aliphatic carbocycles. The number of aryl methyl sites for hydroxylation is 1. The first-order chi connectivity index (χ1) is 13.1. The molecule has 0 bridgehead atoms. The van der Waals surface area contributed by atoms with Crippen molar-refractivity contribution >= 4 is 45.4 Å². The summed E-state index contributed by atoms with van der Waals surface area (Å²) in [6.07, 6.45) is 0. The molecule has 8 heteroatoms. The van der Waals surface area contributed by atoms with E-state index in [0.29, 0.717) is 23.8 Å². The van der Waals surface area contributed by atoms with Crippen LogP contribution in [0.3, 0.4) is 0 Å². The molecule has 0 atom stereocenters. The van der Waals surface area contributed by atoms with Crippen molar-refractivity contribution in [1.82, 2.24) is 10.3 Å². The molecule has 3 aromatic rings. The fourth-order valence-electron chi connectivity index (χ4n) is 3.18. The molecule has 1 aliphatic rings. The average Bonchev–Trinajstić information content (AvgIpc) is 3.17. The van der Waals surface area contributed by atoms with Crippen LogP contribution in [0.5, 0.6) is 0 Å². The summed E-state index contributed by atoms with van der Waals surface area (Å²) in [5.41, 5.74) is 6.48. The van der Waals surface area contributed by atoms with E-state index in [1.807, 2.05) is 24.3 Å². The lowest BCUT2D eigenvalue weighted by Gasteiger charge is -2.28. The van der Waals surface area contributed by atoms with E-state index >= 15 is 0 Å². The minimum Gasteiger partial charge on any atom is -0.378 e. The van der Waals surface area contributed by atoms with E-state index in [1.165, 1.54) is 5.56 Å². The largest absolute Gasteiger partial charge is 0.378 e. The van der Waals surface area contributed by atoms with Gasteiger partial charge in [0.15, 0.2) is 16.1 Å². The fraction of sp³-hybridized carbons (Fsp3) is 0.316. The van der Waals surface area contributed by atoms with Crippen LogP contribution in [0.15, 0.2) is 35.0 Å². The van der Waals surface area contributed by atoms with Crippen LogP contribution in [0.1, 0.15) is 11.1 Å². The molecule has 27 heavy (non-hydrogen) atoms. The Morgan fingerprint density at radius 3 is 2.56 bits per heavy atom. The maximum atomic E-state index is 5.49. The van der Waals surface area contributed by atoms with Gasteiger partial charge in [0.1, 0.15) is 0 Å². The van der Waals surface area contributed by atoms with Gasteiger partial charge < -0.3 is 20.3 Å². The predicted molar refractivity (Wildman–Crippen MR) is 111 cm³/mol. The van der Waals surface area contributed by atoms with Gasteiger partial charge in [-0.3, -0.25) is 0 Å². The minimum absolute atomic E-state index is 0.493. The minimum atomic E-state index is 0.493. The molecule has 1 saturated heterocycles. The smallest absolute Gasteiger partial charge is 0.175 e. The number of benzene rings is 2. The first kappa shape index (κ1) is 17.7. The average molecular weight is 383 g/mol. The van der Waals surface area contributed by atoms with E-state index in [0.717, 1.165) is 41.2 Å². The molecule has 0 spiro atoms. The summed E-state index contributed by atoms with van der Waals surface area (Å²) in [6.45, 7) is 7.19. The van der Waals surface area contributed by atoms with Crippen molar-refractivity contribution in [3.8, 4) is 0 Å². The molecule has 2 heterocycles. The number of morpholine rings is 1. The maximum Gasteiger partial charge on any atom is 0.175 e. The van der Waals surface area contributed by atoms with Crippen LogP contribution in [-0.2, 0) is 4.74 Å². The Hall–Kier alpha value is -2.71. The fourth-order valence-corrected chi connectivity index (χ4v) is 3.40. The van der Waals surface area contributed by atoms with Gasteiger partial charge in [0.05, 0.1) is 24.6 Å². The number of hydrogen-bond donors (Lipinski definition) is 2. The number of anilines is 3. The highest BCUT2D eigenvalue weighted by molar-refractivity contribution is 7.80. The monoisotopic (exact) mass is 383 g/mol. The third-order valence-electron chi connectivity index (χ3n) is 4.85. The van der Waals surface area contributed by atoms with Gasteiger partial charge in [0.25, 0.3) is 0 Å². The van der Waals surface area contributed by atoms with E-state index < -0.39 is 0 Å². The van der Waals surface area contributed by atoms with Crippen LogP contribution < -0.4 is 15.5 Å². The highest BCUT2D eigenvalue weighted by Crippen LogP contribution is 2.30.